The molecule has 1 atom stereocenters. The molecule has 194 valence electrons. The van der Waals surface area contributed by atoms with E-state index in [4.69, 9.17) is 9.72 Å². The standard InChI is InChI=1S/C31H38N4O2/c1-33-18-15-26(16-19-33)37-30-27-8-5-4-7-24(27)14-20-35-22-28(32-31(30)35)25-12-10-23(11-13-25)21-34-17-6-2-3-9-29(34)36/h4-5,7-8,10-13,22,26,30H,2-3,6,9,14-21H2,1H3. The van der Waals surface area contributed by atoms with E-state index in [1.54, 1.807) is 0 Å². The highest BCUT2D eigenvalue weighted by Crippen LogP contribution is 2.36. The Hall–Kier alpha value is -2.96. The summed E-state index contributed by atoms with van der Waals surface area (Å²) in [6.45, 7) is 4.63. The number of nitrogens with zero attached hydrogens (tertiary/aromatic N) is 4. The van der Waals surface area contributed by atoms with Crippen LogP contribution in [0.4, 0.5) is 0 Å². The maximum Gasteiger partial charge on any atom is 0.222 e. The summed E-state index contributed by atoms with van der Waals surface area (Å²) in [4.78, 5) is 22.0. The second-order valence-corrected chi connectivity index (χ2v) is 11.0. The van der Waals surface area contributed by atoms with Crippen LogP contribution in [0.25, 0.3) is 11.3 Å². The molecule has 0 aliphatic carbocycles. The van der Waals surface area contributed by atoms with E-state index in [0.717, 1.165) is 81.8 Å². The van der Waals surface area contributed by atoms with Gasteiger partial charge in [-0.1, -0.05) is 55.0 Å². The maximum atomic E-state index is 12.4. The number of imidazole rings is 1. The van der Waals surface area contributed by atoms with Crippen LogP contribution in [0, 0.1) is 0 Å². The highest BCUT2D eigenvalue weighted by atomic mass is 16.5. The van der Waals surface area contributed by atoms with E-state index in [9.17, 15) is 4.79 Å². The zero-order valence-electron chi connectivity index (χ0n) is 21.9. The van der Waals surface area contributed by atoms with Crippen molar-refractivity contribution in [1.82, 2.24) is 19.4 Å². The zero-order valence-corrected chi connectivity index (χ0v) is 21.9. The summed E-state index contributed by atoms with van der Waals surface area (Å²) in [5.41, 5.74) is 5.90. The van der Waals surface area contributed by atoms with Gasteiger partial charge < -0.3 is 19.1 Å². The molecule has 3 aromatic rings. The fourth-order valence-electron chi connectivity index (χ4n) is 6.01. The minimum atomic E-state index is -0.144. The third-order valence-electron chi connectivity index (χ3n) is 8.29. The number of hydrogen-bond acceptors (Lipinski definition) is 4. The Morgan fingerprint density at radius 2 is 1.73 bits per heavy atom. The highest BCUT2D eigenvalue weighted by molar-refractivity contribution is 5.76. The van der Waals surface area contributed by atoms with Crippen LogP contribution in [0.3, 0.4) is 0 Å². The molecule has 6 rings (SSSR count). The van der Waals surface area contributed by atoms with Crippen molar-refractivity contribution >= 4 is 5.91 Å². The number of carbonyl (C=O) groups excluding carboxylic acids is 1. The summed E-state index contributed by atoms with van der Waals surface area (Å²) in [6.07, 6.45) is 9.36. The molecule has 3 aliphatic rings. The second kappa shape index (κ2) is 10.8. The zero-order chi connectivity index (χ0) is 25.2. The van der Waals surface area contributed by atoms with Gasteiger partial charge in [0.25, 0.3) is 0 Å². The van der Waals surface area contributed by atoms with Gasteiger partial charge in [-0.05, 0) is 55.8 Å². The number of aromatic nitrogens is 2. The van der Waals surface area contributed by atoms with Gasteiger partial charge in [0.15, 0.2) is 0 Å². The van der Waals surface area contributed by atoms with Gasteiger partial charge >= 0.3 is 0 Å². The predicted octanol–water partition coefficient (Wildman–Crippen LogP) is 5.21. The lowest BCUT2D eigenvalue weighted by Crippen LogP contribution is -2.35. The largest absolute Gasteiger partial charge is 0.362 e. The van der Waals surface area contributed by atoms with Crippen LogP contribution in [0.15, 0.2) is 54.7 Å². The van der Waals surface area contributed by atoms with Crippen molar-refractivity contribution in [1.29, 1.82) is 0 Å². The molecule has 2 saturated heterocycles. The summed E-state index contributed by atoms with van der Waals surface area (Å²) in [5.74, 6) is 1.30. The maximum absolute atomic E-state index is 12.4. The van der Waals surface area contributed by atoms with Crippen LogP contribution in [0.1, 0.15) is 67.1 Å². The van der Waals surface area contributed by atoms with Crippen LogP contribution in [0.2, 0.25) is 0 Å². The fraction of sp³-hybridized carbons (Fsp3) is 0.484. The topological polar surface area (TPSA) is 50.6 Å². The highest BCUT2D eigenvalue weighted by Gasteiger charge is 2.30. The van der Waals surface area contributed by atoms with Crippen LogP contribution in [-0.2, 0) is 29.0 Å². The lowest BCUT2D eigenvalue weighted by molar-refractivity contribution is -0.131. The third-order valence-corrected chi connectivity index (χ3v) is 8.29. The first kappa shape index (κ1) is 24.4. The van der Waals surface area contributed by atoms with E-state index in [1.807, 2.05) is 4.90 Å². The van der Waals surface area contributed by atoms with Gasteiger partial charge in [0.05, 0.1) is 11.8 Å². The number of amides is 1. The summed E-state index contributed by atoms with van der Waals surface area (Å²) in [7, 11) is 2.19. The van der Waals surface area contributed by atoms with E-state index in [-0.39, 0.29) is 18.1 Å². The summed E-state index contributed by atoms with van der Waals surface area (Å²) < 4.78 is 9.14. The SMILES string of the molecule is CN1CCC(OC2c3ccccc3CCn3cc(-c4ccc(CN5CCCCCC5=O)cc4)nc32)CC1. The minimum absolute atomic E-state index is 0.144. The van der Waals surface area contributed by atoms with Crippen molar-refractivity contribution in [3.63, 3.8) is 0 Å². The van der Waals surface area contributed by atoms with Gasteiger partial charge in [-0.15, -0.1) is 0 Å². The smallest absolute Gasteiger partial charge is 0.222 e. The van der Waals surface area contributed by atoms with E-state index in [1.165, 1.54) is 16.7 Å². The molecule has 4 heterocycles. The molecule has 1 aromatic heterocycles. The predicted molar refractivity (Wildman–Crippen MR) is 145 cm³/mol. The minimum Gasteiger partial charge on any atom is -0.362 e. The van der Waals surface area contributed by atoms with Crippen LogP contribution >= 0.6 is 0 Å². The molecule has 2 fully saturated rings. The van der Waals surface area contributed by atoms with Gasteiger partial charge in [-0.2, -0.15) is 0 Å². The number of aryl methyl sites for hydroxylation is 2. The monoisotopic (exact) mass is 498 g/mol. The van der Waals surface area contributed by atoms with Crippen LogP contribution in [0.5, 0.6) is 0 Å². The van der Waals surface area contributed by atoms with Gasteiger partial charge in [0.2, 0.25) is 5.91 Å². The lowest BCUT2D eigenvalue weighted by Gasteiger charge is -2.32. The molecule has 0 radical (unpaired) electrons. The van der Waals surface area contributed by atoms with E-state index < -0.39 is 0 Å². The van der Waals surface area contributed by atoms with Gasteiger partial charge in [-0.3, -0.25) is 4.79 Å². The third kappa shape index (κ3) is 5.36. The van der Waals surface area contributed by atoms with Crippen molar-refractivity contribution in [2.75, 3.05) is 26.7 Å². The number of carbonyl (C=O) groups is 1. The number of likely N-dealkylation sites (tertiary alicyclic amines) is 2. The average Bonchev–Trinajstić information content (AvgIpc) is 3.17. The summed E-state index contributed by atoms with van der Waals surface area (Å²) >= 11 is 0. The summed E-state index contributed by atoms with van der Waals surface area (Å²) in [5, 5.41) is 0. The molecule has 1 unspecified atom stereocenters. The molecule has 0 saturated carbocycles. The first-order valence-corrected chi connectivity index (χ1v) is 14.0. The van der Waals surface area contributed by atoms with Gasteiger partial charge in [-0.25, -0.2) is 4.98 Å². The van der Waals surface area contributed by atoms with Crippen molar-refractivity contribution in [2.45, 2.75) is 70.2 Å². The molecular formula is C31H38N4O2. The fourth-order valence-corrected chi connectivity index (χ4v) is 6.01. The normalized spacial score (nSPS) is 21.3. The number of fused-ring (bicyclic) bond motifs is 2. The van der Waals surface area contributed by atoms with E-state index in [0.29, 0.717) is 13.0 Å². The molecule has 0 bridgehead atoms. The molecular weight excluding hydrogens is 460 g/mol. The molecule has 0 spiro atoms. The summed E-state index contributed by atoms with van der Waals surface area (Å²) in [6, 6.07) is 17.3. The Balaban J connectivity index is 1.25. The number of benzene rings is 2. The molecule has 6 heteroatoms. The first-order chi connectivity index (χ1) is 18.1. The van der Waals surface area contributed by atoms with Crippen LogP contribution < -0.4 is 0 Å². The molecule has 37 heavy (non-hydrogen) atoms. The molecule has 6 nitrogen and oxygen atoms in total. The van der Waals surface area contributed by atoms with Gasteiger partial charge in [0, 0.05) is 50.9 Å². The molecule has 2 aromatic carbocycles. The van der Waals surface area contributed by atoms with Crippen molar-refractivity contribution in [3.05, 3.63) is 77.2 Å². The first-order valence-electron chi connectivity index (χ1n) is 14.0. The number of piperidine rings is 1. The molecule has 1 amide bonds. The molecule has 0 N–H and O–H groups in total. The van der Waals surface area contributed by atoms with Gasteiger partial charge in [0.1, 0.15) is 11.9 Å². The molecule has 3 aliphatic heterocycles. The Labute approximate surface area is 220 Å². The van der Waals surface area contributed by atoms with Crippen molar-refractivity contribution in [3.8, 4) is 11.3 Å². The van der Waals surface area contributed by atoms with Crippen LogP contribution in [-0.4, -0.2) is 58.0 Å². The lowest BCUT2D eigenvalue weighted by atomic mass is 10.00. The van der Waals surface area contributed by atoms with E-state index in [2.05, 4.69) is 71.2 Å². The Morgan fingerprint density at radius 3 is 2.57 bits per heavy atom. The van der Waals surface area contributed by atoms with Crippen molar-refractivity contribution < 1.29 is 9.53 Å². The average molecular weight is 499 g/mol. The number of rotatable bonds is 5. The Bertz CT molecular complexity index is 1230. The Kier molecular flexibility index (Phi) is 7.12. The Morgan fingerprint density at radius 1 is 0.919 bits per heavy atom. The second-order valence-electron chi connectivity index (χ2n) is 11.0. The quantitative estimate of drug-likeness (QED) is 0.485. The van der Waals surface area contributed by atoms with E-state index >= 15 is 0 Å². The number of ether oxygens (including phenoxy) is 1. The van der Waals surface area contributed by atoms with Crippen molar-refractivity contribution in [2.24, 2.45) is 0 Å². The number of hydrogen-bond donors (Lipinski definition) is 0.